The average Bonchev–Trinajstić information content (AvgIpc) is 2.59. The summed E-state index contributed by atoms with van der Waals surface area (Å²) in [7, 11) is 0. The number of benzene rings is 1. The fraction of sp³-hybridized carbons (Fsp3) is 0.667. The zero-order valence-electron chi connectivity index (χ0n) is 15.0. The van der Waals surface area contributed by atoms with E-state index in [1.165, 1.54) is 0 Å². The number of hydrogen-bond acceptors (Lipinski definition) is 6. The summed E-state index contributed by atoms with van der Waals surface area (Å²) in [5.41, 5.74) is 0. The SMILES string of the molecule is CCOCCOc1cc(OCCOCC)cc(OCCOCC)c1. The molecule has 0 spiro atoms. The largest absolute Gasteiger partial charge is 0.491 e. The van der Waals surface area contributed by atoms with Crippen molar-refractivity contribution in [1.29, 1.82) is 0 Å². The lowest BCUT2D eigenvalue weighted by atomic mass is 10.3. The molecule has 0 fully saturated rings. The van der Waals surface area contributed by atoms with E-state index in [0.29, 0.717) is 76.7 Å². The zero-order valence-corrected chi connectivity index (χ0v) is 15.0. The van der Waals surface area contributed by atoms with Gasteiger partial charge in [0.15, 0.2) is 0 Å². The number of ether oxygens (including phenoxy) is 6. The van der Waals surface area contributed by atoms with E-state index in [9.17, 15) is 0 Å². The van der Waals surface area contributed by atoms with Gasteiger partial charge in [-0.15, -0.1) is 0 Å². The number of hydrogen-bond donors (Lipinski definition) is 0. The molecule has 6 nitrogen and oxygen atoms in total. The van der Waals surface area contributed by atoms with Gasteiger partial charge in [0.25, 0.3) is 0 Å². The lowest BCUT2D eigenvalue weighted by molar-refractivity contribution is 0.104. The van der Waals surface area contributed by atoms with Gasteiger partial charge in [0.05, 0.1) is 19.8 Å². The van der Waals surface area contributed by atoms with Crippen molar-refractivity contribution < 1.29 is 28.4 Å². The summed E-state index contributed by atoms with van der Waals surface area (Å²) >= 11 is 0. The summed E-state index contributed by atoms with van der Waals surface area (Å²) in [6.45, 7) is 11.0. The van der Waals surface area contributed by atoms with Crippen LogP contribution in [0.4, 0.5) is 0 Å². The van der Waals surface area contributed by atoms with E-state index in [-0.39, 0.29) is 0 Å². The Morgan fingerprint density at radius 1 is 0.500 bits per heavy atom. The van der Waals surface area contributed by atoms with Gasteiger partial charge in [0.2, 0.25) is 0 Å². The highest BCUT2D eigenvalue weighted by atomic mass is 16.5. The second kappa shape index (κ2) is 13.9. The number of rotatable bonds is 15. The van der Waals surface area contributed by atoms with Crippen LogP contribution in [0.2, 0.25) is 0 Å². The first-order valence-corrected chi connectivity index (χ1v) is 8.56. The summed E-state index contributed by atoms with van der Waals surface area (Å²) in [5, 5.41) is 0. The fourth-order valence-corrected chi connectivity index (χ4v) is 1.88. The molecule has 0 amide bonds. The van der Waals surface area contributed by atoms with E-state index >= 15 is 0 Å². The maximum atomic E-state index is 5.70. The molecule has 0 atom stereocenters. The van der Waals surface area contributed by atoms with Gasteiger partial charge in [-0.2, -0.15) is 0 Å². The van der Waals surface area contributed by atoms with Crippen LogP contribution >= 0.6 is 0 Å². The summed E-state index contributed by atoms with van der Waals surface area (Å²) in [6, 6.07) is 5.52. The van der Waals surface area contributed by atoms with E-state index in [2.05, 4.69) is 0 Å². The van der Waals surface area contributed by atoms with Crippen LogP contribution in [-0.2, 0) is 14.2 Å². The van der Waals surface area contributed by atoms with Gasteiger partial charge in [-0.1, -0.05) is 0 Å². The Balaban J connectivity index is 2.58. The molecular weight excluding hydrogens is 312 g/mol. The standard InChI is InChI=1S/C18H30O6/c1-4-19-7-10-22-16-13-17(23-11-8-20-5-2)15-18(14-16)24-12-9-21-6-3/h13-15H,4-12H2,1-3H3. The molecule has 0 aromatic heterocycles. The van der Waals surface area contributed by atoms with Crippen LogP contribution in [0.15, 0.2) is 18.2 Å². The van der Waals surface area contributed by atoms with E-state index in [1.807, 2.05) is 39.0 Å². The van der Waals surface area contributed by atoms with Crippen molar-refractivity contribution in [3.63, 3.8) is 0 Å². The first-order valence-electron chi connectivity index (χ1n) is 8.56. The van der Waals surface area contributed by atoms with Crippen LogP contribution in [0.1, 0.15) is 20.8 Å². The summed E-state index contributed by atoms with van der Waals surface area (Å²) < 4.78 is 32.9. The highest BCUT2D eigenvalue weighted by Gasteiger charge is 2.05. The molecule has 6 heteroatoms. The first-order chi connectivity index (χ1) is 11.8. The molecule has 0 aliphatic rings. The smallest absolute Gasteiger partial charge is 0.126 e. The summed E-state index contributed by atoms with van der Waals surface area (Å²) in [4.78, 5) is 0. The molecule has 0 aliphatic heterocycles. The Labute approximate surface area is 144 Å². The second-order valence-corrected chi connectivity index (χ2v) is 4.78. The molecule has 0 bridgehead atoms. The van der Waals surface area contributed by atoms with Gasteiger partial charge in [-0.05, 0) is 20.8 Å². The van der Waals surface area contributed by atoms with Crippen LogP contribution in [0, 0.1) is 0 Å². The normalized spacial score (nSPS) is 10.6. The Morgan fingerprint density at radius 3 is 1.04 bits per heavy atom. The van der Waals surface area contributed by atoms with Crippen molar-refractivity contribution >= 4 is 0 Å². The highest BCUT2D eigenvalue weighted by molar-refractivity contribution is 5.42. The maximum Gasteiger partial charge on any atom is 0.126 e. The third-order valence-electron chi connectivity index (χ3n) is 2.96. The monoisotopic (exact) mass is 342 g/mol. The van der Waals surface area contributed by atoms with Crippen LogP contribution in [-0.4, -0.2) is 59.5 Å². The molecule has 0 radical (unpaired) electrons. The van der Waals surface area contributed by atoms with Gasteiger partial charge in [-0.25, -0.2) is 0 Å². The fourth-order valence-electron chi connectivity index (χ4n) is 1.88. The molecule has 1 aromatic carbocycles. The van der Waals surface area contributed by atoms with Gasteiger partial charge in [-0.3, -0.25) is 0 Å². The van der Waals surface area contributed by atoms with Gasteiger partial charge in [0.1, 0.15) is 37.1 Å². The molecule has 0 N–H and O–H groups in total. The van der Waals surface area contributed by atoms with E-state index in [0.717, 1.165) is 0 Å². The maximum absolute atomic E-state index is 5.70. The topological polar surface area (TPSA) is 55.4 Å². The molecule has 0 heterocycles. The van der Waals surface area contributed by atoms with Gasteiger partial charge >= 0.3 is 0 Å². The van der Waals surface area contributed by atoms with Crippen molar-refractivity contribution in [2.45, 2.75) is 20.8 Å². The van der Waals surface area contributed by atoms with Crippen molar-refractivity contribution in [3.05, 3.63) is 18.2 Å². The van der Waals surface area contributed by atoms with Crippen LogP contribution < -0.4 is 14.2 Å². The van der Waals surface area contributed by atoms with E-state index < -0.39 is 0 Å². The van der Waals surface area contributed by atoms with E-state index in [1.54, 1.807) is 0 Å². The predicted octanol–water partition coefficient (Wildman–Crippen LogP) is 2.93. The molecule has 0 saturated heterocycles. The van der Waals surface area contributed by atoms with Crippen LogP contribution in [0.3, 0.4) is 0 Å². The Morgan fingerprint density at radius 2 is 0.792 bits per heavy atom. The minimum Gasteiger partial charge on any atom is -0.491 e. The third-order valence-corrected chi connectivity index (χ3v) is 2.96. The van der Waals surface area contributed by atoms with Crippen molar-refractivity contribution in [2.24, 2.45) is 0 Å². The lowest BCUT2D eigenvalue weighted by Gasteiger charge is -2.13. The molecular formula is C18H30O6. The lowest BCUT2D eigenvalue weighted by Crippen LogP contribution is -2.09. The molecule has 138 valence electrons. The molecule has 0 saturated carbocycles. The van der Waals surface area contributed by atoms with E-state index in [4.69, 9.17) is 28.4 Å². The third kappa shape index (κ3) is 9.60. The van der Waals surface area contributed by atoms with Gasteiger partial charge in [0, 0.05) is 38.0 Å². The van der Waals surface area contributed by atoms with Crippen molar-refractivity contribution in [1.82, 2.24) is 0 Å². The average molecular weight is 342 g/mol. The molecule has 0 aliphatic carbocycles. The molecule has 1 aromatic rings. The predicted molar refractivity (Wildman–Crippen MR) is 92.4 cm³/mol. The Hall–Kier alpha value is -1.50. The quantitative estimate of drug-likeness (QED) is 0.457. The van der Waals surface area contributed by atoms with Gasteiger partial charge < -0.3 is 28.4 Å². The molecule has 24 heavy (non-hydrogen) atoms. The van der Waals surface area contributed by atoms with Crippen molar-refractivity contribution in [2.75, 3.05) is 59.5 Å². The molecule has 1 rings (SSSR count). The first kappa shape index (κ1) is 20.5. The summed E-state index contributed by atoms with van der Waals surface area (Å²) in [5.74, 6) is 2.07. The summed E-state index contributed by atoms with van der Waals surface area (Å²) in [6.07, 6.45) is 0. The van der Waals surface area contributed by atoms with Crippen LogP contribution in [0.25, 0.3) is 0 Å². The Bertz CT molecular complexity index is 350. The van der Waals surface area contributed by atoms with Crippen LogP contribution in [0.5, 0.6) is 17.2 Å². The zero-order chi connectivity index (χ0) is 17.5. The Kier molecular flexibility index (Phi) is 11.9. The minimum atomic E-state index is 0.481. The van der Waals surface area contributed by atoms with Crippen molar-refractivity contribution in [3.8, 4) is 17.2 Å². The second-order valence-electron chi connectivity index (χ2n) is 4.78. The minimum absolute atomic E-state index is 0.481. The highest BCUT2D eigenvalue weighted by Crippen LogP contribution is 2.28. The molecule has 0 unspecified atom stereocenters.